The van der Waals surface area contributed by atoms with Crippen LogP contribution in [0.4, 0.5) is 18.9 Å². The molecule has 0 spiro atoms. The maximum atomic E-state index is 12.5. The van der Waals surface area contributed by atoms with Gasteiger partial charge in [0.1, 0.15) is 12.6 Å². The Kier molecular flexibility index (Phi) is 3.15. The van der Waals surface area contributed by atoms with Crippen LogP contribution < -0.4 is 10.2 Å². The molecule has 1 aliphatic heterocycles. The number of nitrogens with one attached hydrogen (secondary N) is 1. The van der Waals surface area contributed by atoms with E-state index in [-0.39, 0.29) is 24.3 Å². The summed E-state index contributed by atoms with van der Waals surface area (Å²) in [7, 11) is 0. The predicted octanol–water partition coefficient (Wildman–Crippen LogP) is 1.95. The third-order valence-electron chi connectivity index (χ3n) is 3.75. The Hall–Kier alpha value is -2.05. The van der Waals surface area contributed by atoms with Gasteiger partial charge in [-0.1, -0.05) is 0 Å². The van der Waals surface area contributed by atoms with E-state index in [9.17, 15) is 22.8 Å². The highest BCUT2D eigenvalue weighted by molar-refractivity contribution is 6.06. The van der Waals surface area contributed by atoms with Crippen LogP contribution in [-0.2, 0) is 15.8 Å². The Morgan fingerprint density at radius 3 is 2.24 bits per heavy atom. The second kappa shape index (κ2) is 4.75. The van der Waals surface area contributed by atoms with E-state index in [4.69, 9.17) is 0 Å². The lowest BCUT2D eigenvalue weighted by Gasteiger charge is -2.32. The highest BCUT2D eigenvalue weighted by atomic mass is 19.4. The number of nitrogens with zero attached hydrogens (tertiary/aromatic N) is 1. The highest BCUT2D eigenvalue weighted by Gasteiger charge is 2.43. The summed E-state index contributed by atoms with van der Waals surface area (Å²) in [5.41, 5.74) is -0.465. The minimum atomic E-state index is -4.42. The van der Waals surface area contributed by atoms with Gasteiger partial charge in [0, 0.05) is 5.69 Å². The number of halogens is 3. The third-order valence-corrected chi connectivity index (χ3v) is 3.75. The van der Waals surface area contributed by atoms with Gasteiger partial charge in [-0.2, -0.15) is 13.2 Å². The number of benzene rings is 1. The van der Waals surface area contributed by atoms with Crippen LogP contribution in [0.3, 0.4) is 0 Å². The van der Waals surface area contributed by atoms with E-state index < -0.39 is 17.8 Å². The summed E-state index contributed by atoms with van der Waals surface area (Å²) in [6.45, 7) is -0.159. The van der Waals surface area contributed by atoms with Gasteiger partial charge in [-0.25, -0.2) is 0 Å². The number of carbonyl (C=O) groups excluding carboxylic acids is 2. The van der Waals surface area contributed by atoms with E-state index in [1.807, 2.05) is 0 Å². The lowest BCUT2D eigenvalue weighted by atomic mass is 10.1. The Bertz CT molecular complexity index is 579. The molecule has 112 valence electrons. The van der Waals surface area contributed by atoms with Crippen molar-refractivity contribution in [3.63, 3.8) is 0 Å². The van der Waals surface area contributed by atoms with Crippen LogP contribution >= 0.6 is 0 Å². The normalized spacial score (nSPS) is 23.2. The van der Waals surface area contributed by atoms with Gasteiger partial charge in [0.15, 0.2) is 0 Å². The summed E-state index contributed by atoms with van der Waals surface area (Å²) in [6.07, 6.45) is -2.65. The molecule has 1 aromatic carbocycles. The summed E-state index contributed by atoms with van der Waals surface area (Å²) in [5, 5.41) is 2.65. The van der Waals surface area contributed by atoms with Crippen molar-refractivity contribution in [3.05, 3.63) is 29.8 Å². The molecule has 1 atom stereocenters. The zero-order valence-corrected chi connectivity index (χ0v) is 11.0. The zero-order valence-electron chi connectivity index (χ0n) is 11.0. The van der Waals surface area contributed by atoms with Crippen LogP contribution in [0.15, 0.2) is 24.3 Å². The molecule has 1 aromatic rings. The smallest absolute Gasteiger partial charge is 0.342 e. The van der Waals surface area contributed by atoms with E-state index in [1.165, 1.54) is 17.0 Å². The average molecular weight is 298 g/mol. The van der Waals surface area contributed by atoms with Crippen LogP contribution in [0.1, 0.15) is 18.4 Å². The first-order valence-electron chi connectivity index (χ1n) is 6.64. The molecule has 2 aliphatic rings. The minimum absolute atomic E-state index is 0.152. The summed E-state index contributed by atoms with van der Waals surface area (Å²) in [4.78, 5) is 25.3. The zero-order chi connectivity index (χ0) is 15.2. The molecule has 3 rings (SSSR count). The topological polar surface area (TPSA) is 49.4 Å². The standard InChI is InChI=1S/C14H13F3N2O2/c15-14(16,17)9-3-5-10(6-4-9)19-7-11(20)18-12(13(19)21)8-1-2-8/h3-6,8,12H,1-2,7H2,(H,18,20). The van der Waals surface area contributed by atoms with Crippen molar-refractivity contribution in [2.45, 2.75) is 25.1 Å². The Balaban J connectivity index is 1.84. The number of alkyl halides is 3. The molecule has 1 saturated heterocycles. The second-order valence-corrected chi connectivity index (χ2v) is 5.35. The van der Waals surface area contributed by atoms with Gasteiger partial charge in [-0.05, 0) is 43.0 Å². The molecule has 0 aromatic heterocycles. The number of hydrogen-bond donors (Lipinski definition) is 1. The van der Waals surface area contributed by atoms with Crippen molar-refractivity contribution in [1.82, 2.24) is 5.32 Å². The number of carbonyl (C=O) groups is 2. The summed E-state index contributed by atoms with van der Waals surface area (Å²) >= 11 is 0. The van der Waals surface area contributed by atoms with Crippen molar-refractivity contribution in [3.8, 4) is 0 Å². The van der Waals surface area contributed by atoms with E-state index >= 15 is 0 Å². The SMILES string of the molecule is O=C1CN(c2ccc(C(F)(F)F)cc2)C(=O)C(C2CC2)N1. The molecule has 2 amide bonds. The van der Waals surface area contributed by atoms with E-state index in [1.54, 1.807) is 0 Å². The van der Waals surface area contributed by atoms with Crippen molar-refractivity contribution in [2.24, 2.45) is 5.92 Å². The van der Waals surface area contributed by atoms with Crippen LogP contribution in [0.5, 0.6) is 0 Å². The molecule has 2 fully saturated rings. The lowest BCUT2D eigenvalue weighted by Crippen LogP contribution is -2.59. The Morgan fingerprint density at radius 1 is 1.10 bits per heavy atom. The molecule has 0 bridgehead atoms. The first-order chi connectivity index (χ1) is 9.86. The highest BCUT2D eigenvalue weighted by Crippen LogP contribution is 2.36. The average Bonchev–Trinajstić information content (AvgIpc) is 3.24. The third kappa shape index (κ3) is 2.72. The van der Waals surface area contributed by atoms with E-state index in [0.29, 0.717) is 5.69 Å². The number of hydrogen-bond acceptors (Lipinski definition) is 2. The fraction of sp³-hybridized carbons (Fsp3) is 0.429. The molecule has 1 unspecified atom stereocenters. The van der Waals surface area contributed by atoms with Crippen molar-refractivity contribution in [1.29, 1.82) is 0 Å². The number of anilines is 1. The van der Waals surface area contributed by atoms with Gasteiger partial charge >= 0.3 is 6.18 Å². The molecule has 1 saturated carbocycles. The van der Waals surface area contributed by atoms with Gasteiger partial charge in [-0.15, -0.1) is 0 Å². The fourth-order valence-corrected chi connectivity index (χ4v) is 2.47. The van der Waals surface area contributed by atoms with E-state index in [0.717, 1.165) is 25.0 Å². The summed E-state index contributed by atoms with van der Waals surface area (Å²) in [6, 6.07) is 3.74. The summed E-state index contributed by atoms with van der Waals surface area (Å²) in [5.74, 6) is -0.387. The molecule has 1 aliphatic carbocycles. The number of piperazine rings is 1. The summed E-state index contributed by atoms with van der Waals surface area (Å²) < 4.78 is 37.6. The molecule has 1 N–H and O–H groups in total. The number of rotatable bonds is 2. The van der Waals surface area contributed by atoms with Crippen LogP contribution in [0.25, 0.3) is 0 Å². The Morgan fingerprint density at radius 2 is 1.71 bits per heavy atom. The molecule has 21 heavy (non-hydrogen) atoms. The first kappa shape index (κ1) is 13.9. The van der Waals surface area contributed by atoms with Gasteiger partial charge in [0.25, 0.3) is 0 Å². The van der Waals surface area contributed by atoms with Crippen LogP contribution in [0.2, 0.25) is 0 Å². The van der Waals surface area contributed by atoms with Gasteiger partial charge in [0.05, 0.1) is 5.56 Å². The molecular formula is C14H13F3N2O2. The molecule has 1 heterocycles. The van der Waals surface area contributed by atoms with Crippen molar-refractivity contribution < 1.29 is 22.8 Å². The monoisotopic (exact) mass is 298 g/mol. The van der Waals surface area contributed by atoms with Gasteiger partial charge in [-0.3, -0.25) is 9.59 Å². The Labute approximate surface area is 118 Å². The maximum absolute atomic E-state index is 12.5. The molecule has 7 heteroatoms. The van der Waals surface area contributed by atoms with E-state index in [2.05, 4.69) is 5.32 Å². The first-order valence-corrected chi connectivity index (χ1v) is 6.64. The fourth-order valence-electron chi connectivity index (χ4n) is 2.47. The molecule has 4 nitrogen and oxygen atoms in total. The maximum Gasteiger partial charge on any atom is 0.416 e. The predicted molar refractivity (Wildman–Crippen MR) is 68.5 cm³/mol. The second-order valence-electron chi connectivity index (χ2n) is 5.35. The van der Waals surface area contributed by atoms with Crippen molar-refractivity contribution >= 4 is 17.5 Å². The number of amides is 2. The van der Waals surface area contributed by atoms with Crippen LogP contribution in [-0.4, -0.2) is 24.4 Å². The minimum Gasteiger partial charge on any atom is -0.342 e. The quantitative estimate of drug-likeness (QED) is 0.907. The van der Waals surface area contributed by atoms with Crippen LogP contribution in [0, 0.1) is 5.92 Å². The van der Waals surface area contributed by atoms with Crippen molar-refractivity contribution in [2.75, 3.05) is 11.4 Å². The largest absolute Gasteiger partial charge is 0.416 e. The van der Waals surface area contributed by atoms with Gasteiger partial charge in [0.2, 0.25) is 11.8 Å². The molecule has 0 radical (unpaired) electrons. The van der Waals surface area contributed by atoms with Gasteiger partial charge < -0.3 is 10.2 Å². The lowest BCUT2D eigenvalue weighted by molar-refractivity contribution is -0.137. The molecular weight excluding hydrogens is 285 g/mol.